The van der Waals surface area contributed by atoms with Gasteiger partial charge in [-0.15, -0.1) is 0 Å². The molecular weight excluding hydrogens is 196 g/mol. The van der Waals surface area contributed by atoms with Crippen LogP contribution in [-0.2, 0) is 11.2 Å². The maximum Gasteiger partial charge on any atom is 0.129 e. The van der Waals surface area contributed by atoms with Gasteiger partial charge in [0.05, 0.1) is 0 Å². The van der Waals surface area contributed by atoms with Crippen LogP contribution in [-0.4, -0.2) is 5.78 Å². The zero-order chi connectivity index (χ0) is 12.2. The number of aryl methyl sites for hydroxylation is 1. The second-order valence-corrected chi connectivity index (χ2v) is 4.10. The summed E-state index contributed by atoms with van der Waals surface area (Å²) in [6.45, 7) is 5.91. The summed E-state index contributed by atoms with van der Waals surface area (Å²) in [6, 6.07) is 10.4. The first-order valence-corrected chi connectivity index (χ1v) is 6.24. The summed E-state index contributed by atoms with van der Waals surface area (Å²) in [6.07, 6.45) is 5.20. The highest BCUT2D eigenvalue weighted by Crippen LogP contribution is 2.05. The van der Waals surface area contributed by atoms with Crippen molar-refractivity contribution < 1.29 is 4.79 Å². The van der Waals surface area contributed by atoms with Gasteiger partial charge in [-0.25, -0.2) is 0 Å². The van der Waals surface area contributed by atoms with Crippen molar-refractivity contribution in [1.29, 1.82) is 0 Å². The monoisotopic (exact) mass is 220 g/mol. The van der Waals surface area contributed by atoms with E-state index in [0.717, 1.165) is 25.7 Å². The van der Waals surface area contributed by atoms with Crippen LogP contribution in [0.4, 0.5) is 0 Å². The third-order valence-electron chi connectivity index (χ3n) is 2.09. The molecule has 0 aliphatic rings. The molecule has 0 N–H and O–H groups in total. The van der Waals surface area contributed by atoms with Crippen molar-refractivity contribution in [3.05, 3.63) is 35.9 Å². The molecule has 1 aromatic carbocycles. The molecule has 0 amide bonds. The second-order valence-electron chi connectivity index (χ2n) is 4.10. The van der Waals surface area contributed by atoms with E-state index in [1.54, 1.807) is 6.92 Å². The summed E-state index contributed by atoms with van der Waals surface area (Å²) >= 11 is 0. The standard InChI is InChI=1S/C12H16O.C3H8/c1-11(13)7-5-6-10-12-8-3-2-4-9-12;1-3-2/h2-4,8-9H,5-7,10H2,1H3;3H2,1-2H3. The van der Waals surface area contributed by atoms with Crippen molar-refractivity contribution in [3.63, 3.8) is 0 Å². The molecular formula is C15H24O. The molecule has 0 saturated carbocycles. The molecule has 0 saturated heterocycles. The summed E-state index contributed by atoms with van der Waals surface area (Å²) in [4.78, 5) is 10.7. The minimum atomic E-state index is 0.299. The van der Waals surface area contributed by atoms with E-state index in [4.69, 9.17) is 0 Å². The third kappa shape index (κ3) is 9.45. The fourth-order valence-corrected chi connectivity index (χ4v) is 1.35. The Morgan fingerprint density at radius 2 is 1.62 bits per heavy atom. The number of Topliss-reactive ketones (excluding diaryl/α,β-unsaturated/α-hetero) is 1. The lowest BCUT2D eigenvalue weighted by atomic mass is 10.1. The SMILES string of the molecule is CC(=O)CCCCc1ccccc1.CCC. The van der Waals surface area contributed by atoms with Gasteiger partial charge in [0.15, 0.2) is 0 Å². The average molecular weight is 220 g/mol. The van der Waals surface area contributed by atoms with E-state index in [1.807, 2.05) is 6.07 Å². The van der Waals surface area contributed by atoms with E-state index in [-0.39, 0.29) is 0 Å². The highest BCUT2D eigenvalue weighted by molar-refractivity contribution is 5.75. The van der Waals surface area contributed by atoms with Crippen LogP contribution in [0.15, 0.2) is 30.3 Å². The summed E-state index contributed by atoms with van der Waals surface area (Å²) in [5, 5.41) is 0. The maximum absolute atomic E-state index is 10.7. The summed E-state index contributed by atoms with van der Waals surface area (Å²) in [7, 11) is 0. The summed E-state index contributed by atoms with van der Waals surface area (Å²) in [5.41, 5.74) is 1.37. The zero-order valence-corrected chi connectivity index (χ0v) is 10.8. The Bertz CT molecular complexity index is 264. The Kier molecular flexibility index (Phi) is 9.69. The van der Waals surface area contributed by atoms with Crippen LogP contribution >= 0.6 is 0 Å². The molecule has 1 rings (SSSR count). The van der Waals surface area contributed by atoms with Crippen LogP contribution in [0.3, 0.4) is 0 Å². The number of carbonyl (C=O) groups is 1. The largest absolute Gasteiger partial charge is 0.300 e. The maximum atomic E-state index is 10.7. The molecule has 1 nitrogen and oxygen atoms in total. The molecule has 0 unspecified atom stereocenters. The Balaban J connectivity index is 0.000000673. The Hall–Kier alpha value is -1.11. The van der Waals surface area contributed by atoms with Gasteiger partial charge in [-0.05, 0) is 31.7 Å². The van der Waals surface area contributed by atoms with E-state index in [0.29, 0.717) is 5.78 Å². The molecule has 0 aliphatic heterocycles. The number of ketones is 1. The quantitative estimate of drug-likeness (QED) is 0.672. The van der Waals surface area contributed by atoms with Gasteiger partial charge < -0.3 is 4.79 Å². The van der Waals surface area contributed by atoms with Gasteiger partial charge >= 0.3 is 0 Å². The van der Waals surface area contributed by atoms with Crippen LogP contribution < -0.4 is 0 Å². The minimum absolute atomic E-state index is 0.299. The van der Waals surface area contributed by atoms with Crippen LogP contribution in [0.2, 0.25) is 0 Å². The van der Waals surface area contributed by atoms with Crippen molar-refractivity contribution in [3.8, 4) is 0 Å². The molecule has 0 aliphatic carbocycles. The topological polar surface area (TPSA) is 17.1 Å². The van der Waals surface area contributed by atoms with Crippen LogP contribution in [0, 0.1) is 0 Å². The Morgan fingerprint density at radius 3 is 2.12 bits per heavy atom. The van der Waals surface area contributed by atoms with Gasteiger partial charge in [-0.3, -0.25) is 0 Å². The van der Waals surface area contributed by atoms with Gasteiger partial charge in [-0.1, -0.05) is 50.6 Å². The average Bonchev–Trinajstić information content (AvgIpc) is 2.27. The van der Waals surface area contributed by atoms with E-state index in [2.05, 4.69) is 38.1 Å². The highest BCUT2D eigenvalue weighted by atomic mass is 16.1. The third-order valence-corrected chi connectivity index (χ3v) is 2.09. The summed E-state index contributed by atoms with van der Waals surface area (Å²) < 4.78 is 0. The Labute approximate surface area is 99.9 Å². The fourth-order valence-electron chi connectivity index (χ4n) is 1.35. The van der Waals surface area contributed by atoms with E-state index >= 15 is 0 Å². The van der Waals surface area contributed by atoms with Crippen molar-refractivity contribution in [2.45, 2.75) is 52.9 Å². The predicted octanol–water partition coefficient (Wildman–Crippen LogP) is 4.40. The molecule has 0 radical (unpaired) electrons. The minimum Gasteiger partial charge on any atom is -0.300 e. The molecule has 1 aromatic rings. The smallest absolute Gasteiger partial charge is 0.129 e. The van der Waals surface area contributed by atoms with Gasteiger partial charge in [0.25, 0.3) is 0 Å². The van der Waals surface area contributed by atoms with Gasteiger partial charge in [-0.2, -0.15) is 0 Å². The number of rotatable bonds is 5. The first-order valence-electron chi connectivity index (χ1n) is 6.24. The highest BCUT2D eigenvalue weighted by Gasteiger charge is 1.94. The zero-order valence-electron chi connectivity index (χ0n) is 10.8. The predicted molar refractivity (Wildman–Crippen MR) is 70.6 cm³/mol. The number of benzene rings is 1. The molecule has 16 heavy (non-hydrogen) atoms. The van der Waals surface area contributed by atoms with Crippen molar-refractivity contribution in [1.82, 2.24) is 0 Å². The van der Waals surface area contributed by atoms with Gasteiger partial charge in [0.2, 0.25) is 0 Å². The molecule has 90 valence electrons. The first kappa shape index (κ1) is 14.9. The summed E-state index contributed by atoms with van der Waals surface area (Å²) in [5.74, 6) is 0.299. The van der Waals surface area contributed by atoms with Gasteiger partial charge in [0, 0.05) is 6.42 Å². The van der Waals surface area contributed by atoms with Crippen molar-refractivity contribution >= 4 is 5.78 Å². The lowest BCUT2D eigenvalue weighted by Gasteiger charge is -1.99. The molecule has 0 heterocycles. The number of hydrogen-bond acceptors (Lipinski definition) is 1. The van der Waals surface area contributed by atoms with Gasteiger partial charge in [0.1, 0.15) is 5.78 Å². The van der Waals surface area contributed by atoms with E-state index in [9.17, 15) is 4.79 Å². The van der Waals surface area contributed by atoms with Crippen LogP contribution in [0.5, 0.6) is 0 Å². The molecule has 0 bridgehead atoms. The lowest BCUT2D eigenvalue weighted by Crippen LogP contribution is -1.91. The normalized spacial score (nSPS) is 9.19. The molecule has 0 aromatic heterocycles. The molecule has 1 heteroatoms. The lowest BCUT2D eigenvalue weighted by molar-refractivity contribution is -0.117. The van der Waals surface area contributed by atoms with E-state index in [1.165, 1.54) is 12.0 Å². The number of hydrogen-bond donors (Lipinski definition) is 0. The Morgan fingerprint density at radius 1 is 1.06 bits per heavy atom. The van der Waals surface area contributed by atoms with Crippen molar-refractivity contribution in [2.75, 3.05) is 0 Å². The fraction of sp³-hybridized carbons (Fsp3) is 0.533. The number of unbranched alkanes of at least 4 members (excludes halogenated alkanes) is 1. The number of carbonyl (C=O) groups excluding carboxylic acids is 1. The van der Waals surface area contributed by atoms with E-state index < -0.39 is 0 Å². The molecule has 0 atom stereocenters. The first-order chi connectivity index (χ1) is 7.70. The second kappa shape index (κ2) is 10.4. The molecule has 0 fully saturated rings. The molecule has 0 spiro atoms. The van der Waals surface area contributed by atoms with Crippen molar-refractivity contribution in [2.24, 2.45) is 0 Å². The van der Waals surface area contributed by atoms with Crippen LogP contribution in [0.1, 0.15) is 52.0 Å². The van der Waals surface area contributed by atoms with Crippen LogP contribution in [0.25, 0.3) is 0 Å².